The second-order valence-corrected chi connectivity index (χ2v) is 10.8. The Kier molecular flexibility index (Phi) is 12.3. The first kappa shape index (κ1) is 35.6. The van der Waals surface area contributed by atoms with Crippen LogP contribution in [0.1, 0.15) is 22.5 Å². The molecule has 12 heteroatoms. The molecule has 0 bridgehead atoms. The summed E-state index contributed by atoms with van der Waals surface area (Å²) < 4.78 is 33.0. The first-order chi connectivity index (χ1) is 24.9. The van der Waals surface area contributed by atoms with E-state index in [1.807, 2.05) is 72.8 Å². The van der Waals surface area contributed by atoms with E-state index in [2.05, 4.69) is 20.8 Å². The van der Waals surface area contributed by atoms with Crippen LogP contribution in [-0.4, -0.2) is 63.7 Å². The zero-order valence-corrected chi connectivity index (χ0v) is 28.6. The summed E-state index contributed by atoms with van der Waals surface area (Å²) in [5, 5.41) is 12.9. The fourth-order valence-electron chi connectivity index (χ4n) is 4.86. The highest BCUT2D eigenvalue weighted by molar-refractivity contribution is 5.94. The number of carbonyl (C=O) groups excluding carboxylic acids is 2. The van der Waals surface area contributed by atoms with E-state index >= 15 is 0 Å². The second kappa shape index (κ2) is 17.6. The van der Waals surface area contributed by atoms with Gasteiger partial charge in [-0.15, -0.1) is 0 Å². The van der Waals surface area contributed by atoms with Gasteiger partial charge in [-0.1, -0.05) is 48.6 Å². The molecule has 5 rings (SSSR count). The summed E-state index contributed by atoms with van der Waals surface area (Å²) in [6, 6.07) is 27.0. The number of hydrogen-bond donors (Lipinski definition) is 3. The normalized spacial score (nSPS) is 10.9. The van der Waals surface area contributed by atoms with Crippen molar-refractivity contribution in [1.29, 1.82) is 0 Å². The van der Waals surface area contributed by atoms with Crippen LogP contribution in [0.3, 0.4) is 0 Å². The largest absolute Gasteiger partial charge is 0.495 e. The molecule has 0 saturated carbocycles. The number of nitrogens with zero attached hydrogens (tertiary/aromatic N) is 1. The molecule has 51 heavy (non-hydrogen) atoms. The number of hydrogen-bond acceptors (Lipinski definition) is 9. The molecule has 0 atom stereocenters. The van der Waals surface area contributed by atoms with Crippen LogP contribution in [0.4, 0.5) is 11.4 Å². The summed E-state index contributed by atoms with van der Waals surface area (Å²) in [6.45, 7) is -0.412. The number of carbonyl (C=O) groups is 2. The maximum Gasteiger partial charge on any atom is 0.262 e. The summed E-state index contributed by atoms with van der Waals surface area (Å²) in [4.78, 5) is 25.0. The summed E-state index contributed by atoms with van der Waals surface area (Å²) >= 11 is 0. The first-order valence-corrected chi connectivity index (χ1v) is 15.8. The molecule has 3 N–H and O–H groups in total. The number of rotatable bonds is 16. The standard InChI is InChI=1S/C39H38N4O8/c1-46-32-11-7-5-9-30(32)40-38(44)24-50-34-19-15-26(21-36(34)48-3)13-17-28-23-29(43-42-28)18-14-27-16-20-35(37(22-27)49-4)51-25-39(45)41-31-10-6-8-12-33(31)47-2/h5-23H,24-25H2,1-4H3,(H,40,44)(H,41,45)(H,42,43)/b17-13+,18-14+. The van der Waals surface area contributed by atoms with Crippen molar-refractivity contribution >= 4 is 47.5 Å². The maximum absolute atomic E-state index is 12.5. The van der Waals surface area contributed by atoms with Gasteiger partial charge in [-0.2, -0.15) is 5.10 Å². The molecule has 0 fully saturated rings. The zero-order chi connectivity index (χ0) is 36.0. The van der Waals surface area contributed by atoms with E-state index in [1.165, 1.54) is 14.2 Å². The number of methoxy groups -OCH3 is 4. The number of aromatic amines is 1. The third-order valence-corrected chi connectivity index (χ3v) is 7.37. The summed E-state index contributed by atoms with van der Waals surface area (Å²) in [5.74, 6) is 2.29. The van der Waals surface area contributed by atoms with Gasteiger partial charge >= 0.3 is 0 Å². The van der Waals surface area contributed by atoms with Crippen molar-refractivity contribution < 1.29 is 38.0 Å². The van der Waals surface area contributed by atoms with Gasteiger partial charge in [0.1, 0.15) is 11.5 Å². The van der Waals surface area contributed by atoms with Gasteiger partial charge in [0, 0.05) is 0 Å². The molecule has 4 aromatic carbocycles. The van der Waals surface area contributed by atoms with Crippen molar-refractivity contribution in [3.8, 4) is 34.5 Å². The number of amides is 2. The maximum atomic E-state index is 12.5. The van der Waals surface area contributed by atoms with Gasteiger partial charge in [0.05, 0.1) is 51.2 Å². The van der Waals surface area contributed by atoms with Crippen LogP contribution in [0.2, 0.25) is 0 Å². The molecular weight excluding hydrogens is 652 g/mol. The van der Waals surface area contributed by atoms with Crippen molar-refractivity contribution in [2.24, 2.45) is 0 Å². The molecule has 0 aliphatic heterocycles. The Morgan fingerprint density at radius 2 is 1.04 bits per heavy atom. The Labute approximate surface area is 295 Å². The molecule has 0 aliphatic rings. The minimum Gasteiger partial charge on any atom is -0.495 e. The minimum absolute atomic E-state index is 0.205. The number of H-pyrrole nitrogens is 1. The van der Waals surface area contributed by atoms with Crippen molar-refractivity contribution in [2.75, 3.05) is 52.3 Å². The van der Waals surface area contributed by atoms with E-state index < -0.39 is 0 Å². The molecule has 5 aromatic rings. The summed E-state index contributed by atoms with van der Waals surface area (Å²) in [6.07, 6.45) is 7.55. The lowest BCUT2D eigenvalue weighted by molar-refractivity contribution is -0.118. The van der Waals surface area contributed by atoms with Gasteiger partial charge in [-0.05, 0) is 77.9 Å². The topological polar surface area (TPSA) is 142 Å². The van der Waals surface area contributed by atoms with Crippen LogP contribution in [0.15, 0.2) is 91.0 Å². The van der Waals surface area contributed by atoms with Gasteiger partial charge in [0.25, 0.3) is 11.8 Å². The molecule has 0 spiro atoms. The molecule has 1 heterocycles. The fraction of sp³-hybridized carbons (Fsp3) is 0.154. The molecule has 0 aliphatic carbocycles. The number of anilines is 2. The van der Waals surface area contributed by atoms with Crippen molar-refractivity contribution in [3.05, 3.63) is 114 Å². The van der Waals surface area contributed by atoms with Gasteiger partial charge in [-0.25, -0.2) is 0 Å². The Morgan fingerprint density at radius 3 is 1.53 bits per heavy atom. The third-order valence-electron chi connectivity index (χ3n) is 7.37. The fourth-order valence-corrected chi connectivity index (χ4v) is 4.86. The highest BCUT2D eigenvalue weighted by atomic mass is 16.5. The Hall–Kier alpha value is -6.69. The highest BCUT2D eigenvalue weighted by Gasteiger charge is 2.12. The van der Waals surface area contributed by atoms with Crippen LogP contribution >= 0.6 is 0 Å². The van der Waals surface area contributed by atoms with Crippen LogP contribution in [0.5, 0.6) is 34.5 Å². The lowest BCUT2D eigenvalue weighted by atomic mass is 10.1. The van der Waals surface area contributed by atoms with Crippen molar-refractivity contribution in [2.45, 2.75) is 0 Å². The molecular formula is C39H38N4O8. The molecule has 12 nitrogen and oxygen atoms in total. The average Bonchev–Trinajstić information content (AvgIpc) is 3.63. The monoisotopic (exact) mass is 690 g/mol. The number of ether oxygens (including phenoxy) is 6. The van der Waals surface area contributed by atoms with E-state index in [-0.39, 0.29) is 25.0 Å². The second-order valence-electron chi connectivity index (χ2n) is 10.8. The van der Waals surface area contributed by atoms with E-state index in [0.29, 0.717) is 45.9 Å². The SMILES string of the molecule is COc1ccccc1NC(=O)COc1ccc(/C=C/c2cc(/C=C/c3ccc(OCC(=O)Nc4ccccc4OC)c(OC)c3)[nH]n2)cc1OC. The van der Waals surface area contributed by atoms with E-state index in [0.717, 1.165) is 22.5 Å². The van der Waals surface area contributed by atoms with Crippen molar-refractivity contribution in [3.63, 3.8) is 0 Å². The molecule has 0 radical (unpaired) electrons. The van der Waals surface area contributed by atoms with Crippen LogP contribution in [0.25, 0.3) is 24.3 Å². The summed E-state index contributed by atoms with van der Waals surface area (Å²) in [5.41, 5.74) is 4.33. The predicted molar refractivity (Wildman–Crippen MR) is 197 cm³/mol. The molecule has 2 amide bonds. The number of para-hydroxylation sites is 4. The molecule has 0 saturated heterocycles. The van der Waals surface area contributed by atoms with E-state index in [9.17, 15) is 9.59 Å². The predicted octanol–water partition coefficient (Wildman–Crippen LogP) is 6.82. The highest BCUT2D eigenvalue weighted by Crippen LogP contribution is 2.31. The van der Waals surface area contributed by atoms with E-state index in [4.69, 9.17) is 28.4 Å². The third kappa shape index (κ3) is 9.92. The van der Waals surface area contributed by atoms with Crippen molar-refractivity contribution in [1.82, 2.24) is 10.2 Å². The Balaban J connectivity index is 1.14. The Bertz CT molecular complexity index is 1880. The molecule has 262 valence electrons. The number of benzene rings is 4. The van der Waals surface area contributed by atoms with Gasteiger partial charge in [0.2, 0.25) is 0 Å². The van der Waals surface area contributed by atoms with Gasteiger partial charge < -0.3 is 39.1 Å². The van der Waals surface area contributed by atoms with E-state index in [1.54, 1.807) is 56.7 Å². The van der Waals surface area contributed by atoms with Crippen LogP contribution in [-0.2, 0) is 9.59 Å². The van der Waals surface area contributed by atoms with Crippen LogP contribution in [0, 0.1) is 0 Å². The number of nitrogens with one attached hydrogen (secondary N) is 3. The minimum atomic E-state index is -0.332. The lowest BCUT2D eigenvalue weighted by Crippen LogP contribution is -2.20. The summed E-state index contributed by atoms with van der Waals surface area (Å²) in [7, 11) is 6.16. The Morgan fingerprint density at radius 1 is 0.569 bits per heavy atom. The smallest absolute Gasteiger partial charge is 0.262 e. The molecule has 0 unspecified atom stereocenters. The number of aromatic nitrogens is 2. The lowest BCUT2D eigenvalue weighted by Gasteiger charge is -2.13. The zero-order valence-electron chi connectivity index (χ0n) is 28.6. The molecule has 1 aromatic heterocycles. The van der Waals surface area contributed by atoms with Gasteiger partial charge in [-0.3, -0.25) is 14.7 Å². The quantitative estimate of drug-likeness (QED) is 0.102. The van der Waals surface area contributed by atoms with Gasteiger partial charge in [0.15, 0.2) is 36.2 Å². The van der Waals surface area contributed by atoms with Crippen LogP contribution < -0.4 is 39.1 Å². The first-order valence-electron chi connectivity index (χ1n) is 15.8. The average molecular weight is 691 g/mol.